The van der Waals surface area contributed by atoms with Crippen molar-refractivity contribution in [2.45, 2.75) is 39.2 Å². The van der Waals surface area contributed by atoms with Gasteiger partial charge in [-0.15, -0.1) is 0 Å². The number of rotatable bonds is 4. The molecule has 1 aromatic heterocycles. The number of hydrazine groups is 1. The Balaban J connectivity index is 2.27. The molecular formula is C13H20N6O2. The van der Waals surface area contributed by atoms with Gasteiger partial charge in [-0.1, -0.05) is 6.92 Å². The van der Waals surface area contributed by atoms with Crippen LogP contribution in [0.15, 0.2) is 0 Å². The molecule has 1 aliphatic heterocycles. The number of likely N-dealkylation sites (N-methyl/N-ethyl adjacent to an activating group) is 1. The van der Waals surface area contributed by atoms with E-state index in [0.29, 0.717) is 36.7 Å². The Bertz CT molecular complexity index is 574. The summed E-state index contributed by atoms with van der Waals surface area (Å²) in [5.74, 6) is 6.77. The van der Waals surface area contributed by atoms with E-state index in [4.69, 9.17) is 5.84 Å². The number of aromatic nitrogens is 2. The number of nitrogens with zero attached hydrogens (tertiary/aromatic N) is 3. The topological polar surface area (TPSA) is 113 Å². The Hall–Kier alpha value is -2.22. The zero-order valence-electron chi connectivity index (χ0n) is 12.4. The molecule has 4 N–H and O–H groups in total. The highest BCUT2D eigenvalue weighted by atomic mass is 16.2. The lowest BCUT2D eigenvalue weighted by Crippen LogP contribution is -2.48. The van der Waals surface area contributed by atoms with Crippen molar-refractivity contribution >= 4 is 23.5 Å². The first kappa shape index (κ1) is 15.2. The number of anilines is 2. The van der Waals surface area contributed by atoms with Crippen molar-refractivity contribution in [2.24, 2.45) is 5.84 Å². The maximum absolute atomic E-state index is 12.1. The Labute approximate surface area is 123 Å². The minimum absolute atomic E-state index is 0.156. The van der Waals surface area contributed by atoms with Gasteiger partial charge in [-0.3, -0.25) is 14.5 Å². The van der Waals surface area contributed by atoms with Crippen LogP contribution in [0.3, 0.4) is 0 Å². The van der Waals surface area contributed by atoms with Crippen LogP contribution in [0.4, 0.5) is 11.6 Å². The molecule has 1 fully saturated rings. The average molecular weight is 292 g/mol. The Morgan fingerprint density at radius 1 is 1.33 bits per heavy atom. The van der Waals surface area contributed by atoms with Crippen LogP contribution in [-0.4, -0.2) is 39.8 Å². The normalized spacial score (nSPS) is 18.9. The van der Waals surface area contributed by atoms with Crippen LogP contribution in [0.1, 0.15) is 31.2 Å². The smallest absolute Gasteiger partial charge is 0.251 e. The molecule has 2 amide bonds. The molecule has 1 aromatic rings. The average Bonchev–Trinajstić information content (AvgIpc) is 2.49. The van der Waals surface area contributed by atoms with Crippen molar-refractivity contribution < 1.29 is 9.59 Å². The second kappa shape index (κ2) is 6.04. The molecule has 2 rings (SSSR count). The number of likely N-dealkylation sites (tertiary alicyclic amines) is 1. The van der Waals surface area contributed by atoms with E-state index < -0.39 is 6.04 Å². The molecule has 114 valence electrons. The van der Waals surface area contributed by atoms with Crippen molar-refractivity contribution in [1.82, 2.24) is 14.9 Å². The zero-order chi connectivity index (χ0) is 15.6. The molecule has 1 atom stereocenters. The fraction of sp³-hybridized carbons (Fsp3) is 0.538. The maximum Gasteiger partial charge on any atom is 0.251 e. The van der Waals surface area contributed by atoms with Gasteiger partial charge >= 0.3 is 0 Å². The Morgan fingerprint density at radius 2 is 2.00 bits per heavy atom. The lowest BCUT2D eigenvalue weighted by molar-refractivity contribution is -0.146. The molecule has 8 heteroatoms. The third-order valence-corrected chi connectivity index (χ3v) is 3.61. The van der Waals surface area contributed by atoms with Crippen LogP contribution < -0.4 is 16.6 Å². The molecule has 0 saturated carbocycles. The van der Waals surface area contributed by atoms with Crippen LogP contribution in [0, 0.1) is 6.92 Å². The number of carbonyl (C=O) groups excluding carboxylic acids is 2. The number of hydrogen-bond acceptors (Lipinski definition) is 7. The summed E-state index contributed by atoms with van der Waals surface area (Å²) in [5.41, 5.74) is 3.27. The van der Waals surface area contributed by atoms with Gasteiger partial charge in [-0.05, 0) is 13.3 Å². The molecule has 0 aliphatic carbocycles. The molecule has 0 spiro atoms. The van der Waals surface area contributed by atoms with Crippen molar-refractivity contribution in [3.05, 3.63) is 11.4 Å². The van der Waals surface area contributed by atoms with Gasteiger partial charge in [0, 0.05) is 25.5 Å². The van der Waals surface area contributed by atoms with Gasteiger partial charge in [-0.25, -0.2) is 15.8 Å². The fourth-order valence-corrected chi connectivity index (χ4v) is 2.22. The maximum atomic E-state index is 12.1. The summed E-state index contributed by atoms with van der Waals surface area (Å²) in [6.07, 6.45) is 1.45. The molecule has 1 unspecified atom stereocenters. The summed E-state index contributed by atoms with van der Waals surface area (Å²) in [5, 5.41) is 3.11. The molecule has 2 heterocycles. The van der Waals surface area contributed by atoms with E-state index in [9.17, 15) is 9.59 Å². The number of piperidine rings is 1. The molecular weight excluding hydrogens is 272 g/mol. The van der Waals surface area contributed by atoms with E-state index in [1.54, 1.807) is 0 Å². The number of imide groups is 1. The Morgan fingerprint density at radius 3 is 2.62 bits per heavy atom. The summed E-state index contributed by atoms with van der Waals surface area (Å²) in [6.45, 7) is 3.76. The van der Waals surface area contributed by atoms with Gasteiger partial charge in [-0.2, -0.15) is 0 Å². The van der Waals surface area contributed by atoms with Gasteiger partial charge in [0.25, 0.3) is 5.91 Å². The molecule has 21 heavy (non-hydrogen) atoms. The Kier molecular flexibility index (Phi) is 4.37. The van der Waals surface area contributed by atoms with Crippen molar-refractivity contribution in [1.29, 1.82) is 0 Å². The predicted octanol–water partition coefficient (Wildman–Crippen LogP) is 0.192. The molecule has 0 bridgehead atoms. The number of carbonyl (C=O) groups is 2. The molecule has 0 radical (unpaired) electrons. The largest absolute Gasteiger partial charge is 0.358 e. The van der Waals surface area contributed by atoms with Gasteiger partial charge < -0.3 is 10.7 Å². The summed E-state index contributed by atoms with van der Waals surface area (Å²) in [7, 11) is 1.50. The monoisotopic (exact) mass is 292 g/mol. The predicted molar refractivity (Wildman–Crippen MR) is 78.4 cm³/mol. The number of nitrogens with two attached hydrogens (primary N) is 1. The quantitative estimate of drug-likeness (QED) is 0.412. The second-order valence-electron chi connectivity index (χ2n) is 4.99. The van der Waals surface area contributed by atoms with Gasteiger partial charge in [0.2, 0.25) is 5.91 Å². The third kappa shape index (κ3) is 2.94. The fourth-order valence-electron chi connectivity index (χ4n) is 2.22. The van der Waals surface area contributed by atoms with Crippen molar-refractivity contribution in [3.63, 3.8) is 0 Å². The van der Waals surface area contributed by atoms with Crippen LogP contribution in [0.5, 0.6) is 0 Å². The van der Waals surface area contributed by atoms with E-state index in [-0.39, 0.29) is 11.8 Å². The summed E-state index contributed by atoms with van der Waals surface area (Å²) in [6, 6.07) is -0.461. The number of hydrogen-bond donors (Lipinski definition) is 3. The van der Waals surface area contributed by atoms with Crippen LogP contribution in [0.2, 0.25) is 0 Å². The summed E-state index contributed by atoms with van der Waals surface area (Å²) >= 11 is 0. The molecule has 8 nitrogen and oxygen atoms in total. The first-order valence-electron chi connectivity index (χ1n) is 6.89. The summed E-state index contributed by atoms with van der Waals surface area (Å²) < 4.78 is 0. The third-order valence-electron chi connectivity index (χ3n) is 3.61. The van der Waals surface area contributed by atoms with Crippen LogP contribution in [0.25, 0.3) is 0 Å². The van der Waals surface area contributed by atoms with Gasteiger partial charge in [0.1, 0.15) is 23.5 Å². The number of nitrogens with one attached hydrogen (secondary N) is 2. The first-order chi connectivity index (χ1) is 9.97. The zero-order valence-corrected chi connectivity index (χ0v) is 12.4. The van der Waals surface area contributed by atoms with E-state index in [1.807, 2.05) is 13.8 Å². The number of amides is 2. The van der Waals surface area contributed by atoms with E-state index in [1.165, 1.54) is 7.05 Å². The van der Waals surface area contributed by atoms with E-state index >= 15 is 0 Å². The molecule has 0 aromatic carbocycles. The van der Waals surface area contributed by atoms with E-state index in [2.05, 4.69) is 20.7 Å². The summed E-state index contributed by atoms with van der Waals surface area (Å²) in [4.78, 5) is 33.4. The van der Waals surface area contributed by atoms with E-state index in [0.717, 1.165) is 10.5 Å². The molecule has 1 saturated heterocycles. The minimum atomic E-state index is -0.461. The van der Waals surface area contributed by atoms with Crippen LogP contribution in [-0.2, 0) is 16.0 Å². The number of aryl methyl sites for hydroxylation is 1. The van der Waals surface area contributed by atoms with Gasteiger partial charge in [0.05, 0.1) is 0 Å². The van der Waals surface area contributed by atoms with Crippen LogP contribution >= 0.6 is 0 Å². The van der Waals surface area contributed by atoms with Crippen molar-refractivity contribution in [3.8, 4) is 0 Å². The number of nitrogen functional groups attached to an aromatic ring is 1. The molecule has 1 aliphatic rings. The highest BCUT2D eigenvalue weighted by Gasteiger charge is 2.32. The first-order valence-corrected chi connectivity index (χ1v) is 6.89. The van der Waals surface area contributed by atoms with Gasteiger partial charge in [0.15, 0.2) is 0 Å². The standard InChI is InChI=1S/C13H20N6O2/c1-4-9-16-11(7(2)12(17-9)18-14)15-8-5-6-10(20)19(3)13(8)21/h8H,4-6,14H2,1-3H3,(H2,15,16,17,18). The van der Waals surface area contributed by atoms with Crippen molar-refractivity contribution in [2.75, 3.05) is 17.8 Å². The highest BCUT2D eigenvalue weighted by molar-refractivity contribution is 6.01. The second-order valence-corrected chi connectivity index (χ2v) is 4.99. The highest BCUT2D eigenvalue weighted by Crippen LogP contribution is 2.23. The lowest BCUT2D eigenvalue weighted by atomic mass is 10.0. The SMILES string of the molecule is CCc1nc(NN)c(C)c(NC2CCC(=O)N(C)C2=O)n1. The minimum Gasteiger partial charge on any atom is -0.358 e. The lowest BCUT2D eigenvalue weighted by Gasteiger charge is -2.29.